The fraction of sp³-hybridized carbons (Fsp3) is 0.111. The van der Waals surface area contributed by atoms with E-state index < -0.39 is 16.0 Å². The van der Waals surface area contributed by atoms with Gasteiger partial charge in [-0.2, -0.15) is 0 Å². The topological polar surface area (TPSA) is 99.2 Å². The van der Waals surface area contributed by atoms with E-state index in [1.165, 1.54) is 18.2 Å². The Labute approximate surface area is 131 Å². The van der Waals surface area contributed by atoms with Crippen LogP contribution in [0.3, 0.4) is 0 Å². The van der Waals surface area contributed by atoms with Crippen molar-refractivity contribution in [1.29, 1.82) is 0 Å². The monoisotopic (exact) mass is 296 g/mol. The maximum Gasteiger partial charge on any atom is 1.00 e. The van der Waals surface area contributed by atoms with Crippen LogP contribution in [0.5, 0.6) is 0 Å². The SMILES string of the molecule is CS(=O)(=O)Nc1nc2ccc(C(=O)[O-])cc2s1.[HH].[Na+]. The van der Waals surface area contributed by atoms with E-state index in [1.807, 2.05) is 0 Å². The second-order valence-corrected chi connectivity index (χ2v) is 6.14. The molecule has 1 aromatic heterocycles. The van der Waals surface area contributed by atoms with Crippen molar-refractivity contribution >= 4 is 42.7 Å². The van der Waals surface area contributed by atoms with Gasteiger partial charge in [0, 0.05) is 1.43 Å². The Kier molecular flexibility index (Phi) is 4.73. The normalized spacial score (nSPS) is 10.9. The zero-order valence-corrected chi connectivity index (χ0v) is 13.3. The van der Waals surface area contributed by atoms with Crippen LogP contribution in [-0.2, 0) is 10.0 Å². The predicted molar refractivity (Wildman–Crippen MR) is 64.5 cm³/mol. The van der Waals surface area contributed by atoms with Crippen molar-refractivity contribution in [3.63, 3.8) is 0 Å². The number of carbonyl (C=O) groups excluding carboxylic acids is 1. The van der Waals surface area contributed by atoms with Gasteiger partial charge in [0.15, 0.2) is 5.13 Å². The second-order valence-electron chi connectivity index (χ2n) is 3.36. The van der Waals surface area contributed by atoms with Gasteiger partial charge in [-0.25, -0.2) is 13.4 Å². The molecule has 2 rings (SSSR count). The molecular formula is C9H9N2NaO4S2. The summed E-state index contributed by atoms with van der Waals surface area (Å²) in [6.07, 6.45) is 1.02. The number of rotatable bonds is 3. The molecule has 1 heterocycles. The molecule has 0 aliphatic rings. The third-order valence-corrected chi connectivity index (χ3v) is 3.52. The van der Waals surface area contributed by atoms with E-state index in [4.69, 9.17) is 0 Å². The van der Waals surface area contributed by atoms with Crippen LogP contribution < -0.4 is 39.4 Å². The van der Waals surface area contributed by atoms with E-state index in [0.29, 0.717) is 10.2 Å². The van der Waals surface area contributed by atoms with Gasteiger partial charge in [-0.1, -0.05) is 17.4 Å². The number of carboxylic acid groups (broad SMARTS) is 1. The number of sulfonamides is 1. The van der Waals surface area contributed by atoms with Crippen molar-refractivity contribution < 1.29 is 49.3 Å². The summed E-state index contributed by atoms with van der Waals surface area (Å²) in [4.78, 5) is 14.7. The molecule has 0 saturated heterocycles. The van der Waals surface area contributed by atoms with Gasteiger partial charge in [-0.05, 0) is 17.7 Å². The number of thiazole rings is 1. The van der Waals surface area contributed by atoms with E-state index in [2.05, 4.69) is 9.71 Å². The number of anilines is 1. The minimum atomic E-state index is -3.38. The van der Waals surface area contributed by atoms with E-state index in [9.17, 15) is 18.3 Å². The zero-order valence-electron chi connectivity index (χ0n) is 9.63. The number of carboxylic acids is 1. The number of hydrogen-bond acceptors (Lipinski definition) is 6. The molecule has 1 N–H and O–H groups in total. The van der Waals surface area contributed by atoms with E-state index >= 15 is 0 Å². The van der Waals surface area contributed by atoms with Crippen LogP contribution in [0.15, 0.2) is 18.2 Å². The standard InChI is InChI=1S/C9H8N2O4S2.Na.H2/c1-17(14,15)11-9-10-6-3-2-5(8(12)13)4-7(6)16-9;;/h2-4H,1H3,(H,10,11)(H,12,13);;1H/q;+1;/p-1. The Morgan fingerprint density at radius 2 is 2.17 bits per heavy atom. The molecule has 9 heteroatoms. The molecule has 0 aliphatic heterocycles. The van der Waals surface area contributed by atoms with Crippen LogP contribution in [0.1, 0.15) is 11.8 Å². The number of carbonyl (C=O) groups is 1. The number of aromatic nitrogens is 1. The van der Waals surface area contributed by atoms with Crippen LogP contribution in [0.2, 0.25) is 0 Å². The van der Waals surface area contributed by atoms with Gasteiger partial charge in [0.05, 0.1) is 22.4 Å². The fourth-order valence-electron chi connectivity index (χ4n) is 1.25. The Bertz CT molecular complexity index is 701. The van der Waals surface area contributed by atoms with Crippen LogP contribution >= 0.6 is 11.3 Å². The number of nitrogens with zero attached hydrogens (tertiary/aromatic N) is 1. The van der Waals surface area contributed by atoms with E-state index in [1.54, 1.807) is 0 Å². The molecule has 2 aromatic rings. The first-order valence-electron chi connectivity index (χ1n) is 4.45. The average Bonchev–Trinajstić information content (AvgIpc) is 2.54. The van der Waals surface area contributed by atoms with Crippen molar-refractivity contribution in [2.45, 2.75) is 0 Å². The van der Waals surface area contributed by atoms with E-state index in [-0.39, 0.29) is 41.7 Å². The molecule has 0 bridgehead atoms. The van der Waals surface area contributed by atoms with Gasteiger partial charge in [0.25, 0.3) is 0 Å². The van der Waals surface area contributed by atoms with Crippen molar-refractivity contribution in [2.75, 3.05) is 11.0 Å². The van der Waals surface area contributed by atoms with Gasteiger partial charge in [-0.3, -0.25) is 4.72 Å². The Hall–Kier alpha value is -0.670. The Balaban J connectivity index is 0.00000162. The fourth-order valence-corrected chi connectivity index (χ4v) is 2.99. The van der Waals surface area contributed by atoms with Crippen LogP contribution in [0, 0.1) is 0 Å². The molecule has 0 spiro atoms. The summed E-state index contributed by atoms with van der Waals surface area (Å²) in [6.45, 7) is 0. The maximum atomic E-state index is 11.0. The summed E-state index contributed by atoms with van der Waals surface area (Å²) in [7, 11) is -3.38. The van der Waals surface area contributed by atoms with Crippen molar-refractivity contribution in [3.05, 3.63) is 23.8 Å². The van der Waals surface area contributed by atoms with Crippen molar-refractivity contribution in [1.82, 2.24) is 4.98 Å². The quantitative estimate of drug-likeness (QED) is 0.621. The number of benzene rings is 1. The smallest absolute Gasteiger partial charge is 0.545 e. The molecule has 0 unspecified atom stereocenters. The molecule has 0 saturated carbocycles. The summed E-state index contributed by atoms with van der Waals surface area (Å²) >= 11 is 1.06. The van der Waals surface area contributed by atoms with Crippen molar-refractivity contribution in [2.24, 2.45) is 0 Å². The molecule has 0 aliphatic carbocycles. The van der Waals surface area contributed by atoms with E-state index in [0.717, 1.165) is 17.6 Å². The molecule has 92 valence electrons. The summed E-state index contributed by atoms with van der Waals surface area (Å²) in [5.74, 6) is -1.28. The molecule has 0 amide bonds. The molecule has 0 fully saturated rings. The molecule has 0 radical (unpaired) electrons. The molecule has 18 heavy (non-hydrogen) atoms. The average molecular weight is 296 g/mol. The first-order valence-corrected chi connectivity index (χ1v) is 7.16. The zero-order chi connectivity index (χ0) is 12.6. The number of hydrogen-bond donors (Lipinski definition) is 1. The van der Waals surface area contributed by atoms with Gasteiger partial charge in [0.2, 0.25) is 10.0 Å². The molecular weight excluding hydrogens is 287 g/mol. The molecule has 6 nitrogen and oxygen atoms in total. The second kappa shape index (κ2) is 5.54. The first kappa shape index (κ1) is 15.4. The van der Waals surface area contributed by atoms with Crippen molar-refractivity contribution in [3.8, 4) is 0 Å². The van der Waals surface area contributed by atoms with Crippen LogP contribution in [-0.4, -0.2) is 25.6 Å². The molecule has 0 atom stereocenters. The number of fused-ring (bicyclic) bond motifs is 1. The van der Waals surface area contributed by atoms with Gasteiger partial charge >= 0.3 is 29.6 Å². The van der Waals surface area contributed by atoms with Crippen LogP contribution in [0.4, 0.5) is 5.13 Å². The minimum Gasteiger partial charge on any atom is -0.545 e. The maximum absolute atomic E-state index is 11.0. The Morgan fingerprint density at radius 1 is 1.50 bits per heavy atom. The predicted octanol–water partition coefficient (Wildman–Crippen LogP) is -2.72. The largest absolute Gasteiger partial charge is 1.00 e. The Morgan fingerprint density at radius 3 is 2.72 bits per heavy atom. The number of nitrogens with one attached hydrogen (secondary N) is 1. The number of aromatic carboxylic acids is 1. The van der Waals surface area contributed by atoms with Gasteiger partial charge in [0.1, 0.15) is 0 Å². The third-order valence-electron chi connectivity index (χ3n) is 1.90. The molecule has 1 aromatic carbocycles. The summed E-state index contributed by atoms with van der Waals surface area (Å²) in [6, 6.07) is 4.27. The minimum absolute atomic E-state index is 0. The van der Waals surface area contributed by atoms with Crippen LogP contribution in [0.25, 0.3) is 10.2 Å². The summed E-state index contributed by atoms with van der Waals surface area (Å²) < 4.78 is 24.8. The summed E-state index contributed by atoms with van der Waals surface area (Å²) in [5, 5.41) is 10.8. The third kappa shape index (κ3) is 3.66. The summed E-state index contributed by atoms with van der Waals surface area (Å²) in [5.41, 5.74) is 0.568. The first-order chi connectivity index (χ1) is 7.85. The van der Waals surface area contributed by atoms with Gasteiger partial charge in [-0.15, -0.1) is 0 Å². The van der Waals surface area contributed by atoms with Gasteiger partial charge < -0.3 is 9.90 Å².